The second kappa shape index (κ2) is 7.77. The maximum atomic E-state index is 12.7. The number of methoxy groups -OCH3 is 1. The number of ether oxygens (including phenoxy) is 1. The molecule has 1 unspecified atom stereocenters. The summed E-state index contributed by atoms with van der Waals surface area (Å²) >= 11 is 0. The van der Waals surface area contributed by atoms with Crippen molar-refractivity contribution in [2.75, 3.05) is 7.11 Å². The van der Waals surface area contributed by atoms with Crippen molar-refractivity contribution in [3.05, 3.63) is 60.2 Å². The number of hydrogen-bond donors (Lipinski definition) is 3. The third-order valence-electron chi connectivity index (χ3n) is 4.10. The minimum absolute atomic E-state index is 0.201. The van der Waals surface area contributed by atoms with E-state index in [1.165, 1.54) is 0 Å². The molecule has 2 rings (SSSR count). The molecule has 0 aliphatic carbocycles. The number of nitrogens with one attached hydrogen (secondary N) is 1. The maximum absolute atomic E-state index is 12.7. The molecule has 0 radical (unpaired) electrons. The van der Waals surface area contributed by atoms with E-state index >= 15 is 0 Å². The fourth-order valence-corrected chi connectivity index (χ4v) is 2.42. The van der Waals surface area contributed by atoms with Crippen molar-refractivity contribution < 1.29 is 19.1 Å². The summed E-state index contributed by atoms with van der Waals surface area (Å²) in [5, 5.41) is 0.512. The van der Waals surface area contributed by atoms with Crippen LogP contribution in [0.25, 0.3) is 11.1 Å². The Hall–Kier alpha value is -3.23. The summed E-state index contributed by atoms with van der Waals surface area (Å²) in [6.45, 7) is 1.15. The van der Waals surface area contributed by atoms with Crippen molar-refractivity contribution in [3.63, 3.8) is 0 Å². The van der Waals surface area contributed by atoms with Gasteiger partial charge in [-0.1, -0.05) is 42.5 Å². The minimum Gasteiger partial charge on any atom is -0.467 e. The lowest BCUT2D eigenvalue weighted by atomic mass is 9.99. The Kier molecular flexibility index (Phi) is 5.71. The first-order chi connectivity index (χ1) is 12.4. The first-order valence-electron chi connectivity index (χ1n) is 7.70. The zero-order chi connectivity index (χ0) is 19.3. The molecule has 2 aromatic rings. The summed E-state index contributed by atoms with van der Waals surface area (Å²) in [4.78, 5) is 36.7. The standard InChI is InChI=1S/C18H20N4O4/c1-18(16(24)21-19,17(25)26-2)22(20)15(23)14-10-8-13(9-11-14)12-6-4-3-5-7-12/h3-11H,19-20H2,1-2H3,(H,21,24). The van der Waals surface area contributed by atoms with Gasteiger partial charge < -0.3 is 4.74 Å². The number of nitrogens with zero attached hydrogens (tertiary/aromatic N) is 1. The summed E-state index contributed by atoms with van der Waals surface area (Å²) in [6.07, 6.45) is 0. The van der Waals surface area contributed by atoms with Crippen molar-refractivity contribution in [1.82, 2.24) is 10.4 Å². The molecule has 2 amide bonds. The van der Waals surface area contributed by atoms with Crippen LogP contribution >= 0.6 is 0 Å². The van der Waals surface area contributed by atoms with Gasteiger partial charge in [-0.15, -0.1) is 0 Å². The van der Waals surface area contributed by atoms with Gasteiger partial charge in [-0.05, 0) is 30.2 Å². The molecule has 0 fully saturated rings. The van der Waals surface area contributed by atoms with E-state index in [2.05, 4.69) is 4.74 Å². The van der Waals surface area contributed by atoms with Crippen LogP contribution in [0.15, 0.2) is 54.6 Å². The molecule has 8 heteroatoms. The predicted molar refractivity (Wildman–Crippen MR) is 95.0 cm³/mol. The molecule has 0 saturated heterocycles. The van der Waals surface area contributed by atoms with Crippen molar-refractivity contribution in [3.8, 4) is 11.1 Å². The molecule has 0 saturated carbocycles. The van der Waals surface area contributed by atoms with E-state index in [4.69, 9.17) is 11.7 Å². The Morgan fingerprint density at radius 2 is 1.54 bits per heavy atom. The van der Waals surface area contributed by atoms with Crippen LogP contribution in [0.5, 0.6) is 0 Å². The quantitative estimate of drug-likeness (QED) is 0.236. The molecule has 5 N–H and O–H groups in total. The van der Waals surface area contributed by atoms with Crippen molar-refractivity contribution >= 4 is 17.8 Å². The highest BCUT2D eigenvalue weighted by molar-refractivity contribution is 6.11. The topological polar surface area (TPSA) is 128 Å². The van der Waals surface area contributed by atoms with Crippen LogP contribution in [-0.4, -0.2) is 35.4 Å². The first-order valence-corrected chi connectivity index (χ1v) is 7.70. The fraction of sp³-hybridized carbons (Fsp3) is 0.167. The number of carbonyl (C=O) groups excluding carboxylic acids is 3. The van der Waals surface area contributed by atoms with E-state index in [0.717, 1.165) is 25.2 Å². The molecule has 0 bridgehead atoms. The van der Waals surface area contributed by atoms with E-state index in [0.29, 0.717) is 5.01 Å². The van der Waals surface area contributed by atoms with E-state index in [9.17, 15) is 14.4 Å². The number of hydrazine groups is 2. The Labute approximate surface area is 150 Å². The third kappa shape index (κ3) is 3.41. The smallest absolute Gasteiger partial charge is 0.342 e. The predicted octanol–water partition coefficient (Wildman–Crippen LogP) is 0.591. The van der Waals surface area contributed by atoms with Gasteiger partial charge in [0, 0.05) is 5.56 Å². The zero-order valence-corrected chi connectivity index (χ0v) is 14.4. The molecule has 0 heterocycles. The van der Waals surface area contributed by atoms with Crippen LogP contribution in [0.1, 0.15) is 17.3 Å². The molecule has 0 spiro atoms. The van der Waals surface area contributed by atoms with Crippen molar-refractivity contribution in [2.45, 2.75) is 12.5 Å². The van der Waals surface area contributed by atoms with Gasteiger partial charge in [-0.2, -0.15) is 0 Å². The normalized spacial score (nSPS) is 12.6. The lowest BCUT2D eigenvalue weighted by Crippen LogP contribution is -2.67. The maximum Gasteiger partial charge on any atom is 0.342 e. The molecular formula is C18H20N4O4. The molecule has 26 heavy (non-hydrogen) atoms. The second-order valence-corrected chi connectivity index (χ2v) is 5.66. The number of nitrogens with two attached hydrogens (primary N) is 2. The molecule has 0 aromatic heterocycles. The van der Waals surface area contributed by atoms with Crippen LogP contribution in [0.4, 0.5) is 0 Å². The molecule has 8 nitrogen and oxygen atoms in total. The van der Waals surface area contributed by atoms with Gasteiger partial charge in [0.25, 0.3) is 11.8 Å². The molecular weight excluding hydrogens is 336 g/mol. The lowest BCUT2D eigenvalue weighted by molar-refractivity contribution is -0.159. The molecule has 136 valence electrons. The fourth-order valence-electron chi connectivity index (χ4n) is 2.42. The number of carbonyl (C=O) groups is 3. The molecule has 0 aliphatic rings. The van der Waals surface area contributed by atoms with Crippen molar-refractivity contribution in [1.29, 1.82) is 0 Å². The van der Waals surface area contributed by atoms with Crippen molar-refractivity contribution in [2.24, 2.45) is 11.7 Å². The van der Waals surface area contributed by atoms with Crippen LogP contribution < -0.4 is 17.1 Å². The van der Waals surface area contributed by atoms with Crippen LogP contribution in [0, 0.1) is 0 Å². The van der Waals surface area contributed by atoms with Gasteiger partial charge in [0.05, 0.1) is 7.11 Å². The summed E-state index contributed by atoms with van der Waals surface area (Å²) in [6, 6.07) is 16.2. The highest BCUT2D eigenvalue weighted by atomic mass is 16.5. The number of benzene rings is 2. The van der Waals surface area contributed by atoms with Crippen LogP contribution in [-0.2, 0) is 14.3 Å². The van der Waals surface area contributed by atoms with Gasteiger partial charge in [0.2, 0.25) is 5.54 Å². The van der Waals surface area contributed by atoms with Gasteiger partial charge >= 0.3 is 5.97 Å². The average Bonchev–Trinajstić information content (AvgIpc) is 2.71. The van der Waals surface area contributed by atoms with Gasteiger partial charge in [0.1, 0.15) is 0 Å². The van der Waals surface area contributed by atoms with Gasteiger partial charge in [0.15, 0.2) is 0 Å². The van der Waals surface area contributed by atoms with Gasteiger partial charge in [-0.25, -0.2) is 21.5 Å². The molecule has 2 aromatic carbocycles. The van der Waals surface area contributed by atoms with E-state index in [1.54, 1.807) is 24.3 Å². The molecule has 1 atom stereocenters. The Bertz CT molecular complexity index is 790. The first kappa shape index (κ1) is 19.1. The highest BCUT2D eigenvalue weighted by Gasteiger charge is 2.49. The summed E-state index contributed by atoms with van der Waals surface area (Å²) in [5.74, 6) is 8.18. The van der Waals surface area contributed by atoms with E-state index in [-0.39, 0.29) is 5.56 Å². The average molecular weight is 356 g/mol. The summed E-state index contributed by atoms with van der Waals surface area (Å²) in [5.41, 5.74) is 1.80. The Balaban J connectivity index is 2.32. The lowest BCUT2D eigenvalue weighted by Gasteiger charge is -2.33. The monoisotopic (exact) mass is 356 g/mol. The Morgan fingerprint density at radius 3 is 2.04 bits per heavy atom. The number of hydrogen-bond acceptors (Lipinski definition) is 6. The van der Waals surface area contributed by atoms with E-state index < -0.39 is 23.3 Å². The largest absolute Gasteiger partial charge is 0.467 e. The number of esters is 1. The second-order valence-electron chi connectivity index (χ2n) is 5.66. The number of amides is 2. The van der Waals surface area contributed by atoms with Crippen LogP contribution in [0.3, 0.4) is 0 Å². The molecule has 0 aliphatic heterocycles. The summed E-state index contributed by atoms with van der Waals surface area (Å²) < 4.78 is 4.59. The minimum atomic E-state index is -2.11. The highest BCUT2D eigenvalue weighted by Crippen LogP contribution is 2.21. The van der Waals surface area contributed by atoms with Crippen LogP contribution in [0.2, 0.25) is 0 Å². The SMILES string of the molecule is COC(=O)C(C)(C(=O)NN)N(N)C(=O)c1ccc(-c2ccccc2)cc1. The zero-order valence-electron chi connectivity index (χ0n) is 14.4. The number of rotatable bonds is 5. The third-order valence-corrected chi connectivity index (χ3v) is 4.10. The Morgan fingerprint density at radius 1 is 1.00 bits per heavy atom. The van der Waals surface area contributed by atoms with Gasteiger partial charge in [-0.3, -0.25) is 15.0 Å². The van der Waals surface area contributed by atoms with E-state index in [1.807, 2.05) is 35.8 Å². The summed E-state index contributed by atoms with van der Waals surface area (Å²) in [7, 11) is 1.08.